The van der Waals surface area contributed by atoms with E-state index in [1.807, 2.05) is 6.92 Å². The monoisotopic (exact) mass is 301 g/mol. The van der Waals surface area contributed by atoms with Crippen LogP contribution in [0.4, 0.5) is 0 Å². The maximum absolute atomic E-state index is 9.76. The first kappa shape index (κ1) is 22.7. The molecule has 21 heavy (non-hydrogen) atoms. The smallest absolute Gasteiger partial charge is 0.0766 e. The highest BCUT2D eigenvalue weighted by Gasteiger charge is 1.94. The number of nitrogens with one attached hydrogen (secondary N) is 1. The second-order valence-electron chi connectivity index (χ2n) is 6.26. The molecule has 0 rings (SSSR count). The van der Waals surface area contributed by atoms with E-state index in [1.165, 1.54) is 57.9 Å². The summed E-state index contributed by atoms with van der Waals surface area (Å²) in [7, 11) is 4.47. The lowest BCUT2D eigenvalue weighted by molar-refractivity contribution is -0.858. The summed E-state index contributed by atoms with van der Waals surface area (Å²) >= 11 is 0. The minimum Gasteiger partial charge on any atom is -0.550 e. The molecule has 3 heteroatoms. The summed E-state index contributed by atoms with van der Waals surface area (Å²) in [6.07, 6.45) is 14.5. The Morgan fingerprint density at radius 3 is 1.62 bits per heavy atom. The molecule has 0 unspecified atom stereocenters. The zero-order valence-electron chi connectivity index (χ0n) is 15.0. The average molecular weight is 302 g/mol. The fourth-order valence-electron chi connectivity index (χ4n) is 2.13. The Morgan fingerprint density at radius 1 is 0.762 bits per heavy atom. The van der Waals surface area contributed by atoms with Crippen LogP contribution in [0.5, 0.6) is 0 Å². The molecule has 0 aliphatic heterocycles. The molecule has 0 aromatic heterocycles. The van der Waals surface area contributed by atoms with Crippen molar-refractivity contribution in [2.75, 3.05) is 20.6 Å². The fourth-order valence-corrected chi connectivity index (χ4v) is 2.13. The first-order chi connectivity index (χ1) is 10.0. The Bertz CT molecular complexity index is 205. The van der Waals surface area contributed by atoms with Gasteiger partial charge in [0.15, 0.2) is 0 Å². The number of hydrogen-bond donors (Lipinski definition) is 1. The minimum atomic E-state index is -0.932. The van der Waals surface area contributed by atoms with Gasteiger partial charge in [-0.05, 0) is 25.7 Å². The summed E-state index contributed by atoms with van der Waals surface area (Å²) in [4.78, 5) is 11.4. The van der Waals surface area contributed by atoms with E-state index < -0.39 is 5.97 Å². The highest BCUT2D eigenvalue weighted by atomic mass is 16.4. The highest BCUT2D eigenvalue weighted by molar-refractivity contribution is 5.63. The number of carbonyl (C=O) groups is 1. The van der Waals surface area contributed by atoms with Crippen LogP contribution in [0.1, 0.15) is 90.9 Å². The summed E-state index contributed by atoms with van der Waals surface area (Å²) in [5, 5.41) is 9.76. The number of rotatable bonds is 13. The SMILES string of the molecule is CCCCCC(=O)[O-].CCCCCCCCCC[NH+](C)C. The second kappa shape index (κ2) is 19.4. The van der Waals surface area contributed by atoms with E-state index in [1.54, 1.807) is 4.90 Å². The van der Waals surface area contributed by atoms with Crippen LogP contribution in [0, 0.1) is 0 Å². The molecule has 0 bridgehead atoms. The van der Waals surface area contributed by atoms with Gasteiger partial charge in [0.2, 0.25) is 0 Å². The lowest BCUT2D eigenvalue weighted by Gasteiger charge is -2.06. The van der Waals surface area contributed by atoms with Gasteiger partial charge in [-0.1, -0.05) is 65.2 Å². The topological polar surface area (TPSA) is 44.6 Å². The van der Waals surface area contributed by atoms with Gasteiger partial charge >= 0.3 is 0 Å². The number of quaternary nitrogens is 1. The van der Waals surface area contributed by atoms with Crippen molar-refractivity contribution in [1.82, 2.24) is 0 Å². The van der Waals surface area contributed by atoms with Crippen LogP contribution in [0.2, 0.25) is 0 Å². The summed E-state index contributed by atoms with van der Waals surface area (Å²) < 4.78 is 0. The maximum Gasteiger partial charge on any atom is 0.0766 e. The van der Waals surface area contributed by atoms with Gasteiger partial charge in [-0.3, -0.25) is 0 Å². The van der Waals surface area contributed by atoms with Crippen LogP contribution in [-0.2, 0) is 4.79 Å². The van der Waals surface area contributed by atoms with Crippen molar-refractivity contribution in [3.8, 4) is 0 Å². The third kappa shape index (κ3) is 28.3. The Labute approximate surface area is 133 Å². The molecule has 0 aliphatic carbocycles. The van der Waals surface area contributed by atoms with Crippen LogP contribution < -0.4 is 10.0 Å². The van der Waals surface area contributed by atoms with E-state index in [4.69, 9.17) is 0 Å². The average Bonchev–Trinajstić information content (AvgIpc) is 2.42. The molecule has 3 nitrogen and oxygen atoms in total. The van der Waals surface area contributed by atoms with Crippen molar-refractivity contribution in [2.45, 2.75) is 90.9 Å². The molecule has 0 saturated carbocycles. The second-order valence-corrected chi connectivity index (χ2v) is 6.26. The summed E-state index contributed by atoms with van der Waals surface area (Å²) in [6.45, 7) is 5.66. The molecule has 128 valence electrons. The van der Waals surface area contributed by atoms with Gasteiger partial charge in [-0.2, -0.15) is 0 Å². The molecule has 0 saturated heterocycles. The number of carboxylic acid groups (broad SMARTS) is 1. The Balaban J connectivity index is 0. The predicted octanol–water partition coefficient (Wildman–Crippen LogP) is 2.59. The maximum atomic E-state index is 9.76. The summed E-state index contributed by atoms with van der Waals surface area (Å²) in [6, 6.07) is 0. The van der Waals surface area contributed by atoms with E-state index in [9.17, 15) is 9.90 Å². The van der Waals surface area contributed by atoms with Crippen LogP contribution in [-0.4, -0.2) is 26.6 Å². The molecule has 0 spiro atoms. The van der Waals surface area contributed by atoms with Gasteiger partial charge in [0, 0.05) is 5.97 Å². The number of carboxylic acids is 1. The zero-order valence-corrected chi connectivity index (χ0v) is 15.0. The van der Waals surface area contributed by atoms with Crippen molar-refractivity contribution in [3.05, 3.63) is 0 Å². The molecule has 0 fully saturated rings. The standard InChI is InChI=1S/C12H27N.C6H12O2/c1-4-5-6-7-8-9-10-11-12-13(2)3;1-2-3-4-5-6(7)8/h4-12H2,1-3H3;2-5H2,1H3,(H,7,8). The molecule has 1 N–H and O–H groups in total. The summed E-state index contributed by atoms with van der Waals surface area (Å²) in [5.41, 5.74) is 0. The summed E-state index contributed by atoms with van der Waals surface area (Å²) in [5.74, 6) is -0.932. The molecule has 0 radical (unpaired) electrons. The molecule has 0 amide bonds. The molecule has 0 atom stereocenters. The first-order valence-corrected chi connectivity index (χ1v) is 9.03. The predicted molar refractivity (Wildman–Crippen MR) is 89.4 cm³/mol. The van der Waals surface area contributed by atoms with Gasteiger partial charge < -0.3 is 14.8 Å². The number of aliphatic carboxylic acids is 1. The van der Waals surface area contributed by atoms with E-state index in [2.05, 4.69) is 21.0 Å². The minimum absolute atomic E-state index is 0.216. The normalized spacial score (nSPS) is 10.3. The lowest BCUT2D eigenvalue weighted by atomic mass is 10.1. The molecule has 0 aliphatic rings. The van der Waals surface area contributed by atoms with Gasteiger partial charge in [0.25, 0.3) is 0 Å². The number of unbranched alkanes of at least 4 members (excludes halogenated alkanes) is 9. The molecule has 0 aromatic rings. The van der Waals surface area contributed by atoms with Crippen LogP contribution in [0.15, 0.2) is 0 Å². The van der Waals surface area contributed by atoms with Crippen molar-refractivity contribution < 1.29 is 14.8 Å². The molecular formula is C18H39NO2. The third-order valence-corrected chi connectivity index (χ3v) is 3.51. The van der Waals surface area contributed by atoms with Crippen LogP contribution in [0.25, 0.3) is 0 Å². The Morgan fingerprint density at radius 2 is 1.19 bits per heavy atom. The van der Waals surface area contributed by atoms with E-state index >= 15 is 0 Å². The van der Waals surface area contributed by atoms with E-state index in [0.717, 1.165) is 19.3 Å². The lowest BCUT2D eigenvalue weighted by Crippen LogP contribution is -3.05. The fraction of sp³-hybridized carbons (Fsp3) is 0.944. The third-order valence-electron chi connectivity index (χ3n) is 3.51. The largest absolute Gasteiger partial charge is 0.550 e. The van der Waals surface area contributed by atoms with Gasteiger partial charge in [0.1, 0.15) is 0 Å². The van der Waals surface area contributed by atoms with Crippen molar-refractivity contribution in [3.63, 3.8) is 0 Å². The van der Waals surface area contributed by atoms with E-state index in [0.29, 0.717) is 0 Å². The van der Waals surface area contributed by atoms with Gasteiger partial charge in [-0.25, -0.2) is 0 Å². The van der Waals surface area contributed by atoms with Crippen molar-refractivity contribution in [1.29, 1.82) is 0 Å². The zero-order chi connectivity index (χ0) is 16.3. The van der Waals surface area contributed by atoms with Crippen LogP contribution in [0.3, 0.4) is 0 Å². The molecule has 0 aromatic carbocycles. The van der Waals surface area contributed by atoms with Gasteiger partial charge in [0.05, 0.1) is 20.6 Å². The Kier molecular flexibility index (Phi) is 21.0. The van der Waals surface area contributed by atoms with Crippen molar-refractivity contribution in [2.24, 2.45) is 0 Å². The molecule has 0 heterocycles. The number of carbonyl (C=O) groups excluding carboxylic acids is 1. The molecular weight excluding hydrogens is 262 g/mol. The quantitative estimate of drug-likeness (QED) is 0.531. The van der Waals surface area contributed by atoms with Gasteiger partial charge in [-0.15, -0.1) is 0 Å². The van der Waals surface area contributed by atoms with Crippen LogP contribution >= 0.6 is 0 Å². The highest BCUT2D eigenvalue weighted by Crippen LogP contribution is 2.07. The van der Waals surface area contributed by atoms with E-state index in [-0.39, 0.29) is 6.42 Å². The van der Waals surface area contributed by atoms with Crippen molar-refractivity contribution >= 4 is 5.97 Å². The Hall–Kier alpha value is -0.570. The first-order valence-electron chi connectivity index (χ1n) is 9.03. The number of hydrogen-bond acceptors (Lipinski definition) is 2.